The highest BCUT2D eigenvalue weighted by Crippen LogP contribution is 2.21. The van der Waals surface area contributed by atoms with Crippen LogP contribution in [0, 0.1) is 0 Å². The zero-order chi connectivity index (χ0) is 14.8. The molecule has 5 nitrogen and oxygen atoms in total. The minimum atomic E-state index is 0.223. The normalized spacial score (nSPS) is 12.9. The number of fused-ring (bicyclic) bond motifs is 1. The van der Waals surface area contributed by atoms with Crippen molar-refractivity contribution >= 4 is 11.0 Å². The van der Waals surface area contributed by atoms with Gasteiger partial charge in [0.2, 0.25) is 0 Å². The Labute approximate surface area is 124 Å². The number of benzene rings is 1. The van der Waals surface area contributed by atoms with E-state index >= 15 is 0 Å². The second-order valence-electron chi connectivity index (χ2n) is 5.25. The van der Waals surface area contributed by atoms with E-state index in [1.54, 1.807) is 0 Å². The minimum absolute atomic E-state index is 0.223. The molecule has 0 fully saturated rings. The molecule has 0 aliphatic heterocycles. The van der Waals surface area contributed by atoms with Gasteiger partial charge in [-0.1, -0.05) is 12.1 Å². The van der Waals surface area contributed by atoms with Gasteiger partial charge >= 0.3 is 0 Å². The van der Waals surface area contributed by atoms with Gasteiger partial charge in [-0.2, -0.15) is 5.10 Å². The Hall–Kier alpha value is -2.14. The number of hydrogen-bond donors (Lipinski definition) is 1. The molecule has 0 amide bonds. The lowest BCUT2D eigenvalue weighted by Gasteiger charge is -2.15. The van der Waals surface area contributed by atoms with E-state index in [9.17, 15) is 0 Å². The SMILES string of the molecule is CCn1c(CC(NC)c2cnn(C)c2)nc2ccccc21. The van der Waals surface area contributed by atoms with E-state index in [2.05, 4.69) is 46.3 Å². The molecule has 1 atom stereocenters. The maximum absolute atomic E-state index is 4.80. The molecule has 0 bridgehead atoms. The standard InChI is InChI=1S/C16H21N5/c1-4-21-15-8-6-5-7-13(15)19-16(21)9-14(17-2)12-10-18-20(3)11-12/h5-8,10-11,14,17H,4,9H2,1-3H3. The van der Waals surface area contributed by atoms with E-state index in [1.807, 2.05) is 31.0 Å². The maximum atomic E-state index is 4.80. The van der Waals surface area contributed by atoms with Gasteiger partial charge in [-0.15, -0.1) is 0 Å². The molecular weight excluding hydrogens is 262 g/mol. The Morgan fingerprint density at radius 2 is 2.10 bits per heavy atom. The first-order valence-corrected chi connectivity index (χ1v) is 7.33. The number of imidazole rings is 1. The molecule has 1 unspecified atom stereocenters. The van der Waals surface area contributed by atoms with Crippen molar-refractivity contribution in [2.24, 2.45) is 7.05 Å². The van der Waals surface area contributed by atoms with Crippen LogP contribution in [-0.2, 0) is 20.0 Å². The van der Waals surface area contributed by atoms with E-state index < -0.39 is 0 Å². The second kappa shape index (κ2) is 5.69. The maximum Gasteiger partial charge on any atom is 0.111 e. The largest absolute Gasteiger partial charge is 0.328 e. The lowest BCUT2D eigenvalue weighted by Crippen LogP contribution is -2.20. The smallest absolute Gasteiger partial charge is 0.111 e. The van der Waals surface area contributed by atoms with E-state index in [4.69, 9.17) is 4.98 Å². The third-order valence-corrected chi connectivity index (χ3v) is 3.91. The number of para-hydroxylation sites is 2. The van der Waals surface area contributed by atoms with Crippen LogP contribution in [0.25, 0.3) is 11.0 Å². The molecule has 0 spiro atoms. The van der Waals surface area contributed by atoms with Crippen LogP contribution in [0.15, 0.2) is 36.7 Å². The lowest BCUT2D eigenvalue weighted by molar-refractivity contribution is 0.556. The van der Waals surface area contributed by atoms with E-state index in [-0.39, 0.29) is 6.04 Å². The van der Waals surface area contributed by atoms with Gasteiger partial charge in [0.25, 0.3) is 0 Å². The predicted molar refractivity (Wildman–Crippen MR) is 84.1 cm³/mol. The summed E-state index contributed by atoms with van der Waals surface area (Å²) in [6.45, 7) is 3.09. The van der Waals surface area contributed by atoms with Gasteiger partial charge in [-0.05, 0) is 26.1 Å². The Bertz CT molecular complexity index is 740. The first kappa shape index (κ1) is 13.8. The summed E-state index contributed by atoms with van der Waals surface area (Å²) in [6.07, 6.45) is 4.82. The van der Waals surface area contributed by atoms with Crippen LogP contribution < -0.4 is 5.32 Å². The van der Waals surface area contributed by atoms with E-state index in [1.165, 1.54) is 11.1 Å². The highest BCUT2D eigenvalue weighted by atomic mass is 15.2. The molecule has 110 valence electrons. The van der Waals surface area contributed by atoms with Crippen molar-refractivity contribution in [3.8, 4) is 0 Å². The highest BCUT2D eigenvalue weighted by molar-refractivity contribution is 5.75. The summed E-state index contributed by atoms with van der Waals surface area (Å²) in [6, 6.07) is 8.53. The van der Waals surface area contributed by atoms with Crippen LogP contribution in [0.5, 0.6) is 0 Å². The van der Waals surface area contributed by atoms with Crippen molar-refractivity contribution in [1.82, 2.24) is 24.6 Å². The Morgan fingerprint density at radius 1 is 1.29 bits per heavy atom. The van der Waals surface area contributed by atoms with Crippen LogP contribution in [-0.4, -0.2) is 26.4 Å². The van der Waals surface area contributed by atoms with Gasteiger partial charge in [-0.3, -0.25) is 4.68 Å². The number of likely N-dealkylation sites (N-methyl/N-ethyl adjacent to an activating group) is 1. The monoisotopic (exact) mass is 283 g/mol. The zero-order valence-corrected chi connectivity index (χ0v) is 12.7. The topological polar surface area (TPSA) is 47.7 Å². The number of nitrogens with zero attached hydrogens (tertiary/aromatic N) is 4. The van der Waals surface area contributed by atoms with Gasteiger partial charge in [-0.25, -0.2) is 4.98 Å². The molecule has 0 saturated heterocycles. The molecule has 2 aromatic heterocycles. The Morgan fingerprint density at radius 3 is 2.76 bits per heavy atom. The van der Waals surface area contributed by atoms with Crippen molar-refractivity contribution in [3.05, 3.63) is 48.0 Å². The van der Waals surface area contributed by atoms with Crippen LogP contribution >= 0.6 is 0 Å². The van der Waals surface area contributed by atoms with Gasteiger partial charge in [0.15, 0.2) is 0 Å². The van der Waals surface area contributed by atoms with E-state index in [0.717, 1.165) is 24.3 Å². The minimum Gasteiger partial charge on any atom is -0.328 e. The molecule has 3 aromatic rings. The number of aromatic nitrogens is 4. The molecule has 0 radical (unpaired) electrons. The van der Waals surface area contributed by atoms with Crippen molar-refractivity contribution < 1.29 is 0 Å². The highest BCUT2D eigenvalue weighted by Gasteiger charge is 2.17. The first-order valence-electron chi connectivity index (χ1n) is 7.33. The van der Waals surface area contributed by atoms with Crippen molar-refractivity contribution in [2.75, 3.05) is 7.05 Å². The summed E-state index contributed by atoms with van der Waals surface area (Å²) in [5.41, 5.74) is 3.46. The fourth-order valence-electron chi connectivity index (χ4n) is 2.82. The Balaban J connectivity index is 1.96. The third-order valence-electron chi connectivity index (χ3n) is 3.91. The summed E-state index contributed by atoms with van der Waals surface area (Å²) >= 11 is 0. The summed E-state index contributed by atoms with van der Waals surface area (Å²) < 4.78 is 4.12. The number of aryl methyl sites for hydroxylation is 2. The molecule has 0 saturated carbocycles. The van der Waals surface area contributed by atoms with Crippen LogP contribution in [0.1, 0.15) is 24.4 Å². The van der Waals surface area contributed by atoms with Gasteiger partial charge in [0, 0.05) is 37.8 Å². The van der Waals surface area contributed by atoms with Crippen LogP contribution in [0.4, 0.5) is 0 Å². The molecule has 5 heteroatoms. The van der Waals surface area contributed by atoms with Crippen LogP contribution in [0.2, 0.25) is 0 Å². The summed E-state index contributed by atoms with van der Waals surface area (Å²) in [7, 11) is 3.92. The quantitative estimate of drug-likeness (QED) is 0.781. The molecule has 0 aliphatic rings. The summed E-state index contributed by atoms with van der Waals surface area (Å²) in [5, 5.41) is 7.63. The average Bonchev–Trinajstić information content (AvgIpc) is 3.07. The van der Waals surface area contributed by atoms with Gasteiger partial charge in [0.05, 0.1) is 17.2 Å². The summed E-state index contributed by atoms with van der Waals surface area (Å²) in [4.78, 5) is 4.80. The molecule has 2 heterocycles. The number of hydrogen-bond acceptors (Lipinski definition) is 3. The second-order valence-corrected chi connectivity index (χ2v) is 5.25. The van der Waals surface area contributed by atoms with Gasteiger partial charge < -0.3 is 9.88 Å². The van der Waals surface area contributed by atoms with Crippen molar-refractivity contribution in [3.63, 3.8) is 0 Å². The molecule has 0 aliphatic carbocycles. The van der Waals surface area contributed by atoms with Crippen molar-refractivity contribution in [1.29, 1.82) is 0 Å². The van der Waals surface area contributed by atoms with Crippen molar-refractivity contribution in [2.45, 2.75) is 25.9 Å². The van der Waals surface area contributed by atoms with Crippen LogP contribution in [0.3, 0.4) is 0 Å². The molecule has 3 rings (SSSR count). The Kier molecular flexibility index (Phi) is 3.75. The zero-order valence-electron chi connectivity index (χ0n) is 12.7. The number of nitrogens with one attached hydrogen (secondary N) is 1. The molecule has 1 N–H and O–H groups in total. The number of rotatable bonds is 5. The molecule has 1 aromatic carbocycles. The molecule has 21 heavy (non-hydrogen) atoms. The average molecular weight is 283 g/mol. The third kappa shape index (κ3) is 2.56. The van der Waals surface area contributed by atoms with E-state index in [0.29, 0.717) is 0 Å². The first-order chi connectivity index (χ1) is 10.2. The fourth-order valence-corrected chi connectivity index (χ4v) is 2.82. The fraction of sp³-hybridized carbons (Fsp3) is 0.375. The lowest BCUT2D eigenvalue weighted by atomic mass is 10.1. The van der Waals surface area contributed by atoms with Gasteiger partial charge in [0.1, 0.15) is 5.82 Å². The summed E-state index contributed by atoms with van der Waals surface area (Å²) in [5.74, 6) is 1.11. The predicted octanol–water partition coefficient (Wildman–Crippen LogP) is 2.29. The molecular formula is C16H21N5.